The molecule has 2 fully saturated rings. The number of hydrogen-bond donors (Lipinski definition) is 0. The molecule has 1 saturated heterocycles. The van der Waals surface area contributed by atoms with Crippen molar-refractivity contribution in [1.29, 1.82) is 0 Å². The number of benzene rings is 1. The van der Waals surface area contributed by atoms with Gasteiger partial charge in [0.25, 0.3) is 0 Å². The monoisotopic (exact) mass is 373 g/mol. The van der Waals surface area contributed by atoms with Crippen LogP contribution in [0.15, 0.2) is 23.1 Å². The second-order valence-corrected chi connectivity index (χ2v) is 9.14. The van der Waals surface area contributed by atoms with Crippen molar-refractivity contribution >= 4 is 21.6 Å². The molecule has 1 aromatic carbocycles. The Kier molecular flexibility index (Phi) is 5.70. The van der Waals surface area contributed by atoms with E-state index in [1.54, 1.807) is 19.2 Å². The minimum absolute atomic E-state index is 0.146. The molecule has 0 spiro atoms. The molecule has 0 radical (unpaired) electrons. The van der Waals surface area contributed by atoms with Gasteiger partial charge in [0.15, 0.2) is 0 Å². The number of rotatable bonds is 8. The summed E-state index contributed by atoms with van der Waals surface area (Å²) in [5.41, 5.74) is 0. The summed E-state index contributed by atoms with van der Waals surface area (Å²) in [6.45, 7) is 2.29. The Hall–Kier alpha value is -0.820. The molecular weight excluding hydrogens is 350 g/mol. The van der Waals surface area contributed by atoms with Crippen molar-refractivity contribution in [2.24, 2.45) is 11.8 Å². The standard InChI is InChI=1S/C17H24ClNO4S/c1-19(11-14-6-8-22-12-14)24(20,21)17-10-15(18)4-5-16(17)23-9-7-13-2-3-13/h4-5,10,13-14H,2-3,6-9,11-12H2,1H3/t14-/m1/s1. The second kappa shape index (κ2) is 7.60. The van der Waals surface area contributed by atoms with E-state index in [0.717, 1.165) is 18.8 Å². The molecule has 5 nitrogen and oxygen atoms in total. The van der Waals surface area contributed by atoms with Crippen molar-refractivity contribution in [3.8, 4) is 5.75 Å². The maximum absolute atomic E-state index is 12.9. The van der Waals surface area contributed by atoms with Crippen molar-refractivity contribution in [2.75, 3.05) is 33.4 Å². The van der Waals surface area contributed by atoms with Gasteiger partial charge in [-0.2, -0.15) is 0 Å². The van der Waals surface area contributed by atoms with Crippen molar-refractivity contribution in [1.82, 2.24) is 4.31 Å². The Morgan fingerprint density at radius 3 is 2.75 bits per heavy atom. The van der Waals surface area contributed by atoms with Gasteiger partial charge in [-0.25, -0.2) is 12.7 Å². The molecule has 1 atom stereocenters. The number of nitrogens with zero attached hydrogens (tertiary/aromatic N) is 1. The van der Waals surface area contributed by atoms with Crippen LogP contribution in [0.3, 0.4) is 0 Å². The molecule has 1 saturated carbocycles. The number of halogens is 1. The molecule has 0 amide bonds. The summed E-state index contributed by atoms with van der Waals surface area (Å²) in [5.74, 6) is 1.36. The van der Waals surface area contributed by atoms with E-state index in [4.69, 9.17) is 21.1 Å². The summed E-state index contributed by atoms with van der Waals surface area (Å²) < 4.78 is 38.4. The second-order valence-electron chi connectivity index (χ2n) is 6.69. The van der Waals surface area contributed by atoms with Crippen LogP contribution in [0.2, 0.25) is 5.02 Å². The molecule has 1 aliphatic heterocycles. The number of ether oxygens (including phenoxy) is 2. The van der Waals surface area contributed by atoms with Crippen LogP contribution in [-0.4, -0.2) is 46.1 Å². The number of hydrogen-bond acceptors (Lipinski definition) is 4. The van der Waals surface area contributed by atoms with Gasteiger partial charge in [-0.3, -0.25) is 0 Å². The molecule has 0 aromatic heterocycles. The van der Waals surface area contributed by atoms with E-state index in [1.165, 1.54) is 23.2 Å². The lowest BCUT2D eigenvalue weighted by Crippen LogP contribution is -2.32. The minimum atomic E-state index is -3.65. The summed E-state index contributed by atoms with van der Waals surface area (Å²) in [6, 6.07) is 4.79. The first-order chi connectivity index (χ1) is 11.5. The van der Waals surface area contributed by atoms with Gasteiger partial charge in [-0.15, -0.1) is 0 Å². The highest BCUT2D eigenvalue weighted by Gasteiger charge is 2.29. The fourth-order valence-electron chi connectivity index (χ4n) is 2.90. The van der Waals surface area contributed by atoms with Gasteiger partial charge in [-0.1, -0.05) is 24.4 Å². The smallest absolute Gasteiger partial charge is 0.246 e. The SMILES string of the molecule is CN(C[C@H]1CCOC1)S(=O)(=O)c1cc(Cl)ccc1OCCC1CC1. The van der Waals surface area contributed by atoms with Crippen molar-refractivity contribution in [3.63, 3.8) is 0 Å². The minimum Gasteiger partial charge on any atom is -0.492 e. The fourth-order valence-corrected chi connectivity index (χ4v) is 4.54. The average molecular weight is 374 g/mol. The average Bonchev–Trinajstić information content (AvgIpc) is 3.23. The van der Waals surface area contributed by atoms with Crippen LogP contribution < -0.4 is 4.74 Å². The summed E-state index contributed by atoms with van der Waals surface area (Å²) >= 11 is 6.03. The molecular formula is C17H24ClNO4S. The van der Waals surface area contributed by atoms with E-state index in [0.29, 0.717) is 37.1 Å². The first-order valence-electron chi connectivity index (χ1n) is 8.43. The van der Waals surface area contributed by atoms with Gasteiger partial charge in [0.2, 0.25) is 10.0 Å². The summed E-state index contributed by atoms with van der Waals surface area (Å²) in [4.78, 5) is 0.146. The van der Waals surface area contributed by atoms with Crippen LogP contribution in [-0.2, 0) is 14.8 Å². The Bertz CT molecular complexity index is 669. The fraction of sp³-hybridized carbons (Fsp3) is 0.647. The molecule has 2 aliphatic rings. The Morgan fingerprint density at radius 2 is 2.08 bits per heavy atom. The van der Waals surface area contributed by atoms with E-state index >= 15 is 0 Å². The van der Waals surface area contributed by atoms with Crippen LogP contribution in [0.1, 0.15) is 25.7 Å². The van der Waals surface area contributed by atoms with Crippen molar-refractivity contribution < 1.29 is 17.9 Å². The molecule has 0 N–H and O–H groups in total. The molecule has 0 unspecified atom stereocenters. The van der Waals surface area contributed by atoms with Crippen molar-refractivity contribution in [3.05, 3.63) is 23.2 Å². The molecule has 3 rings (SSSR count). The highest BCUT2D eigenvalue weighted by atomic mass is 35.5. The van der Waals surface area contributed by atoms with Gasteiger partial charge in [0, 0.05) is 25.2 Å². The van der Waals surface area contributed by atoms with Gasteiger partial charge < -0.3 is 9.47 Å². The zero-order valence-electron chi connectivity index (χ0n) is 13.9. The Labute approximate surface area is 148 Å². The van der Waals surface area contributed by atoms with Crippen LogP contribution >= 0.6 is 11.6 Å². The molecule has 0 bridgehead atoms. The highest BCUT2D eigenvalue weighted by Crippen LogP contribution is 2.34. The largest absolute Gasteiger partial charge is 0.492 e. The zero-order valence-corrected chi connectivity index (χ0v) is 15.5. The molecule has 1 aromatic rings. The van der Waals surface area contributed by atoms with Gasteiger partial charge in [0.05, 0.1) is 13.2 Å². The zero-order chi connectivity index (χ0) is 17.2. The predicted molar refractivity (Wildman–Crippen MR) is 93.0 cm³/mol. The third-order valence-corrected chi connectivity index (χ3v) is 6.69. The van der Waals surface area contributed by atoms with E-state index in [1.807, 2.05) is 0 Å². The lowest BCUT2D eigenvalue weighted by molar-refractivity contribution is 0.182. The molecule has 1 heterocycles. The maximum atomic E-state index is 12.9. The lowest BCUT2D eigenvalue weighted by atomic mass is 10.1. The first-order valence-corrected chi connectivity index (χ1v) is 10.2. The third kappa shape index (κ3) is 4.42. The van der Waals surface area contributed by atoms with Crippen LogP contribution in [0.25, 0.3) is 0 Å². The topological polar surface area (TPSA) is 55.8 Å². The summed E-state index contributed by atoms with van der Waals surface area (Å²) in [5, 5.41) is 0.390. The molecule has 134 valence electrons. The third-order valence-electron chi connectivity index (χ3n) is 4.61. The maximum Gasteiger partial charge on any atom is 0.246 e. The molecule has 1 aliphatic carbocycles. The lowest BCUT2D eigenvalue weighted by Gasteiger charge is -2.22. The predicted octanol–water partition coefficient (Wildman–Crippen LogP) is 3.18. The quantitative estimate of drug-likeness (QED) is 0.702. The van der Waals surface area contributed by atoms with Gasteiger partial charge in [0.1, 0.15) is 10.6 Å². The summed E-state index contributed by atoms with van der Waals surface area (Å²) in [6.07, 6.45) is 4.36. The van der Waals surface area contributed by atoms with Crippen LogP contribution in [0.4, 0.5) is 0 Å². The van der Waals surface area contributed by atoms with Gasteiger partial charge in [-0.05, 0) is 42.9 Å². The number of sulfonamides is 1. The van der Waals surface area contributed by atoms with Crippen LogP contribution in [0, 0.1) is 11.8 Å². The van der Waals surface area contributed by atoms with E-state index < -0.39 is 10.0 Å². The van der Waals surface area contributed by atoms with Gasteiger partial charge >= 0.3 is 0 Å². The summed E-state index contributed by atoms with van der Waals surface area (Å²) in [7, 11) is -2.05. The van der Waals surface area contributed by atoms with E-state index in [9.17, 15) is 8.42 Å². The Morgan fingerprint density at radius 1 is 1.29 bits per heavy atom. The van der Waals surface area contributed by atoms with E-state index in [-0.39, 0.29) is 10.8 Å². The Balaban J connectivity index is 1.74. The first kappa shape index (κ1) is 18.0. The van der Waals surface area contributed by atoms with Crippen LogP contribution in [0.5, 0.6) is 5.75 Å². The molecule has 24 heavy (non-hydrogen) atoms. The van der Waals surface area contributed by atoms with E-state index in [2.05, 4.69) is 0 Å². The highest BCUT2D eigenvalue weighted by molar-refractivity contribution is 7.89. The van der Waals surface area contributed by atoms with Crippen molar-refractivity contribution in [2.45, 2.75) is 30.6 Å². The normalized spacial score (nSPS) is 21.4. The molecule has 7 heteroatoms.